The summed E-state index contributed by atoms with van der Waals surface area (Å²) < 4.78 is 0. The number of hydrogen-bond acceptors (Lipinski definition) is 5. The highest BCUT2D eigenvalue weighted by atomic mass is 16.3. The summed E-state index contributed by atoms with van der Waals surface area (Å²) in [6, 6.07) is 14.1. The molecule has 0 spiro atoms. The van der Waals surface area contributed by atoms with Crippen molar-refractivity contribution >= 4 is 17.5 Å². The number of carbonyl (C=O) groups excluding carboxylic acids is 2. The summed E-state index contributed by atoms with van der Waals surface area (Å²) in [5.74, 6) is -0.203. The number of aryl methyl sites for hydroxylation is 1. The highest BCUT2D eigenvalue weighted by molar-refractivity contribution is 5.89. The molecule has 174 valence electrons. The predicted octanol–water partition coefficient (Wildman–Crippen LogP) is 2.18. The number of nitrogens with zero attached hydrogens (tertiary/aromatic N) is 2. The minimum absolute atomic E-state index is 0.190. The maximum absolute atomic E-state index is 12.8. The third kappa shape index (κ3) is 7.89. The third-order valence-electron chi connectivity index (χ3n) is 5.44. The van der Waals surface area contributed by atoms with Gasteiger partial charge in [-0.1, -0.05) is 24.3 Å². The molecule has 0 aliphatic rings. The van der Waals surface area contributed by atoms with Crippen molar-refractivity contribution in [1.29, 1.82) is 0 Å². The number of hydrogen-bond donors (Lipinski definition) is 3. The van der Waals surface area contributed by atoms with E-state index in [2.05, 4.69) is 39.8 Å². The first-order valence-corrected chi connectivity index (χ1v) is 11.0. The summed E-state index contributed by atoms with van der Waals surface area (Å²) in [6.45, 7) is 2.25. The van der Waals surface area contributed by atoms with Gasteiger partial charge in [0.05, 0.1) is 6.04 Å². The zero-order valence-electron chi connectivity index (χ0n) is 19.8. The Morgan fingerprint density at radius 2 is 1.50 bits per heavy atom. The Balaban J connectivity index is 1.78. The van der Waals surface area contributed by atoms with Gasteiger partial charge in [0, 0.05) is 26.3 Å². The molecule has 1 unspecified atom stereocenters. The van der Waals surface area contributed by atoms with Crippen LogP contribution in [0, 0.1) is 0 Å². The van der Waals surface area contributed by atoms with Gasteiger partial charge in [0.2, 0.25) is 11.8 Å². The number of rotatable bonds is 11. The number of phenols is 1. The smallest absolute Gasteiger partial charge is 0.242 e. The fourth-order valence-corrected chi connectivity index (χ4v) is 3.36. The van der Waals surface area contributed by atoms with E-state index < -0.39 is 12.1 Å². The summed E-state index contributed by atoms with van der Waals surface area (Å²) in [5.41, 5.74) is 3.33. The molecule has 0 bridgehead atoms. The van der Waals surface area contributed by atoms with Crippen LogP contribution in [0.2, 0.25) is 0 Å². The lowest BCUT2D eigenvalue weighted by Gasteiger charge is -2.25. The number of benzene rings is 2. The van der Waals surface area contributed by atoms with Gasteiger partial charge in [-0.25, -0.2) is 0 Å². The molecular formula is C25H36N4O3. The van der Waals surface area contributed by atoms with Gasteiger partial charge < -0.3 is 20.6 Å². The van der Waals surface area contributed by atoms with Gasteiger partial charge in [0.1, 0.15) is 11.8 Å². The molecule has 0 aliphatic heterocycles. The maximum Gasteiger partial charge on any atom is 0.242 e. The summed E-state index contributed by atoms with van der Waals surface area (Å²) in [4.78, 5) is 29.1. The van der Waals surface area contributed by atoms with Crippen LogP contribution in [0.4, 0.5) is 5.69 Å². The molecule has 32 heavy (non-hydrogen) atoms. The fourth-order valence-electron chi connectivity index (χ4n) is 3.36. The lowest BCUT2D eigenvalue weighted by atomic mass is 10.0. The molecular weight excluding hydrogens is 404 g/mol. The Bertz CT molecular complexity index is 864. The van der Waals surface area contributed by atoms with Crippen LogP contribution < -0.4 is 15.5 Å². The molecule has 2 atom stereocenters. The number of amides is 2. The molecule has 0 fully saturated rings. The van der Waals surface area contributed by atoms with Crippen LogP contribution in [0.25, 0.3) is 0 Å². The van der Waals surface area contributed by atoms with Gasteiger partial charge in [-0.2, -0.15) is 0 Å². The van der Waals surface area contributed by atoms with E-state index in [0.717, 1.165) is 24.1 Å². The standard InChI is InChI=1S/C25H36N4O3/c1-18(24(31)26-16-6-7-19-8-12-21(13-9-19)28(2)3)27-25(32)23(29(4)5)17-20-10-14-22(30)15-11-20/h8-15,18,23,30H,6-7,16-17H2,1-5H3,(H,26,31)(H,27,32)/t18-,23?/m1/s1. The van der Waals surface area contributed by atoms with E-state index in [0.29, 0.717) is 13.0 Å². The summed E-state index contributed by atoms with van der Waals surface area (Å²) >= 11 is 0. The normalized spacial score (nSPS) is 12.8. The lowest BCUT2D eigenvalue weighted by molar-refractivity contribution is -0.131. The maximum atomic E-state index is 12.8. The molecule has 2 rings (SSSR count). The molecule has 2 aromatic carbocycles. The fraction of sp³-hybridized carbons (Fsp3) is 0.440. The number of carbonyl (C=O) groups is 2. The molecule has 2 aromatic rings. The van der Waals surface area contributed by atoms with E-state index in [9.17, 15) is 14.7 Å². The molecule has 0 saturated carbocycles. The monoisotopic (exact) mass is 440 g/mol. The van der Waals surface area contributed by atoms with E-state index >= 15 is 0 Å². The van der Waals surface area contributed by atoms with E-state index in [4.69, 9.17) is 0 Å². The van der Waals surface area contributed by atoms with Gasteiger partial charge in [-0.3, -0.25) is 14.5 Å². The Hall–Kier alpha value is -3.06. The lowest BCUT2D eigenvalue weighted by Crippen LogP contribution is -2.52. The molecule has 7 nitrogen and oxygen atoms in total. The first-order chi connectivity index (χ1) is 15.2. The van der Waals surface area contributed by atoms with E-state index in [1.807, 2.05) is 33.1 Å². The second-order valence-corrected chi connectivity index (χ2v) is 8.54. The Morgan fingerprint density at radius 1 is 0.906 bits per heavy atom. The summed E-state index contributed by atoms with van der Waals surface area (Å²) in [7, 11) is 7.69. The predicted molar refractivity (Wildman–Crippen MR) is 129 cm³/mol. The van der Waals surface area contributed by atoms with E-state index in [-0.39, 0.29) is 17.6 Å². The van der Waals surface area contributed by atoms with Crippen LogP contribution in [0.1, 0.15) is 24.5 Å². The third-order valence-corrected chi connectivity index (χ3v) is 5.44. The van der Waals surface area contributed by atoms with Crippen LogP contribution >= 0.6 is 0 Å². The quantitative estimate of drug-likeness (QED) is 0.467. The number of anilines is 1. The second-order valence-electron chi connectivity index (χ2n) is 8.54. The highest BCUT2D eigenvalue weighted by Crippen LogP contribution is 2.14. The van der Waals surface area contributed by atoms with Crippen LogP contribution in [-0.4, -0.2) is 68.6 Å². The van der Waals surface area contributed by atoms with Crippen LogP contribution in [0.5, 0.6) is 5.75 Å². The molecule has 7 heteroatoms. The zero-order valence-corrected chi connectivity index (χ0v) is 19.8. The van der Waals surface area contributed by atoms with Crippen LogP contribution in [0.15, 0.2) is 48.5 Å². The molecule has 0 aliphatic carbocycles. The van der Waals surface area contributed by atoms with Gasteiger partial charge in [0.25, 0.3) is 0 Å². The molecule has 0 heterocycles. The number of aromatic hydroxyl groups is 1. The zero-order chi connectivity index (χ0) is 23.7. The van der Waals surface area contributed by atoms with Crippen LogP contribution in [0.3, 0.4) is 0 Å². The van der Waals surface area contributed by atoms with Gasteiger partial charge >= 0.3 is 0 Å². The molecule has 0 aromatic heterocycles. The first-order valence-electron chi connectivity index (χ1n) is 11.0. The first kappa shape index (κ1) is 25.2. The van der Waals surface area contributed by atoms with Gasteiger partial charge in [-0.05, 0) is 75.7 Å². The largest absolute Gasteiger partial charge is 0.508 e. The van der Waals surface area contributed by atoms with Crippen molar-refractivity contribution in [2.45, 2.75) is 38.3 Å². The second kappa shape index (κ2) is 12.1. The number of nitrogens with one attached hydrogen (secondary N) is 2. The Labute approximate surface area is 191 Å². The SMILES string of the molecule is C[C@@H](NC(=O)C(Cc1ccc(O)cc1)N(C)C)C(=O)NCCCc1ccc(N(C)C)cc1. The number of phenolic OH excluding ortho intramolecular Hbond substituents is 1. The average molecular weight is 441 g/mol. The van der Waals surface area contributed by atoms with Crippen molar-refractivity contribution in [3.05, 3.63) is 59.7 Å². The van der Waals surface area contributed by atoms with Gasteiger partial charge in [0.15, 0.2) is 0 Å². The highest BCUT2D eigenvalue weighted by Gasteiger charge is 2.24. The number of likely N-dealkylation sites (N-methyl/N-ethyl adjacent to an activating group) is 1. The topological polar surface area (TPSA) is 84.9 Å². The average Bonchev–Trinajstić information content (AvgIpc) is 2.76. The van der Waals surface area contributed by atoms with Crippen molar-refractivity contribution in [2.75, 3.05) is 39.6 Å². The molecule has 3 N–H and O–H groups in total. The van der Waals surface area contributed by atoms with Crippen molar-refractivity contribution in [2.24, 2.45) is 0 Å². The Morgan fingerprint density at radius 3 is 2.06 bits per heavy atom. The minimum atomic E-state index is -0.621. The van der Waals surface area contributed by atoms with Crippen molar-refractivity contribution in [3.63, 3.8) is 0 Å². The van der Waals surface area contributed by atoms with Gasteiger partial charge in [-0.15, -0.1) is 0 Å². The van der Waals surface area contributed by atoms with Crippen molar-refractivity contribution in [1.82, 2.24) is 15.5 Å². The van der Waals surface area contributed by atoms with E-state index in [1.54, 1.807) is 31.2 Å². The summed E-state index contributed by atoms with van der Waals surface area (Å²) in [6.07, 6.45) is 2.19. The molecule has 0 saturated heterocycles. The van der Waals surface area contributed by atoms with Crippen molar-refractivity contribution in [3.8, 4) is 5.75 Å². The minimum Gasteiger partial charge on any atom is -0.508 e. The van der Waals surface area contributed by atoms with Crippen molar-refractivity contribution < 1.29 is 14.7 Å². The molecule has 2 amide bonds. The van der Waals surface area contributed by atoms with Crippen LogP contribution in [-0.2, 0) is 22.4 Å². The Kier molecular flexibility index (Phi) is 9.53. The van der Waals surface area contributed by atoms with E-state index in [1.165, 1.54) is 5.56 Å². The summed E-state index contributed by atoms with van der Waals surface area (Å²) in [5, 5.41) is 15.2. The molecule has 0 radical (unpaired) electrons.